The number of amides is 2. The molecule has 2 amide bonds. The molecule has 1 heterocycles. The summed E-state index contributed by atoms with van der Waals surface area (Å²) in [5, 5.41) is 11.6. The Kier molecular flexibility index (Phi) is 5.10. The van der Waals surface area contributed by atoms with Gasteiger partial charge in [-0.3, -0.25) is 9.59 Å². The zero-order valence-electron chi connectivity index (χ0n) is 13.9. The fraction of sp³-hybridized carbons (Fsp3) is 0.250. The number of fused-ring (bicyclic) bond motifs is 1. The maximum atomic E-state index is 12.4. The standard InChI is InChI=1S/C20H19N3O2/c21-13-15-4-3-7-17(12-15)20(25)22-10-8-19(24)23-11-9-16-5-1-2-6-18(16)14-23/h1-7,12H,8-11,14H2,(H,22,25). The molecule has 5 heteroatoms. The zero-order chi connectivity index (χ0) is 17.6. The van der Waals surface area contributed by atoms with Gasteiger partial charge in [0, 0.05) is 31.6 Å². The van der Waals surface area contributed by atoms with Gasteiger partial charge in [0.15, 0.2) is 0 Å². The van der Waals surface area contributed by atoms with Gasteiger partial charge in [-0.1, -0.05) is 30.3 Å². The Balaban J connectivity index is 1.50. The average molecular weight is 333 g/mol. The van der Waals surface area contributed by atoms with Gasteiger partial charge in [0.2, 0.25) is 5.91 Å². The second kappa shape index (κ2) is 7.63. The Hall–Kier alpha value is -3.13. The molecule has 2 aromatic carbocycles. The van der Waals surface area contributed by atoms with Gasteiger partial charge in [0.05, 0.1) is 11.6 Å². The lowest BCUT2D eigenvalue weighted by Gasteiger charge is -2.29. The molecule has 0 unspecified atom stereocenters. The fourth-order valence-electron chi connectivity index (χ4n) is 2.98. The van der Waals surface area contributed by atoms with Crippen molar-refractivity contribution in [3.63, 3.8) is 0 Å². The highest BCUT2D eigenvalue weighted by Gasteiger charge is 2.20. The van der Waals surface area contributed by atoms with Crippen LogP contribution in [0, 0.1) is 11.3 Å². The van der Waals surface area contributed by atoms with Gasteiger partial charge in [0.25, 0.3) is 5.91 Å². The minimum Gasteiger partial charge on any atom is -0.352 e. The van der Waals surface area contributed by atoms with Crippen LogP contribution in [0.2, 0.25) is 0 Å². The molecule has 0 fully saturated rings. The molecule has 0 spiro atoms. The number of benzene rings is 2. The molecule has 1 aliphatic rings. The Morgan fingerprint density at radius 1 is 1.12 bits per heavy atom. The molecule has 0 atom stereocenters. The van der Waals surface area contributed by atoms with Crippen molar-refractivity contribution in [2.24, 2.45) is 0 Å². The Morgan fingerprint density at radius 2 is 1.92 bits per heavy atom. The van der Waals surface area contributed by atoms with Gasteiger partial charge in [-0.05, 0) is 35.7 Å². The summed E-state index contributed by atoms with van der Waals surface area (Å²) < 4.78 is 0. The number of nitrogens with zero attached hydrogens (tertiary/aromatic N) is 2. The molecule has 25 heavy (non-hydrogen) atoms. The van der Waals surface area contributed by atoms with E-state index in [0.29, 0.717) is 24.2 Å². The highest BCUT2D eigenvalue weighted by atomic mass is 16.2. The monoisotopic (exact) mass is 333 g/mol. The summed E-state index contributed by atoms with van der Waals surface area (Å²) in [6.45, 7) is 1.63. The Labute approximate surface area is 146 Å². The van der Waals surface area contributed by atoms with Crippen molar-refractivity contribution < 1.29 is 9.59 Å². The summed E-state index contributed by atoms with van der Waals surface area (Å²) >= 11 is 0. The van der Waals surface area contributed by atoms with Gasteiger partial charge < -0.3 is 10.2 Å². The van der Waals surface area contributed by atoms with Crippen molar-refractivity contribution in [1.82, 2.24) is 10.2 Å². The molecule has 1 aliphatic heterocycles. The topological polar surface area (TPSA) is 73.2 Å². The first-order valence-electron chi connectivity index (χ1n) is 8.30. The smallest absolute Gasteiger partial charge is 0.251 e. The van der Waals surface area contributed by atoms with Gasteiger partial charge in [0.1, 0.15) is 0 Å². The maximum Gasteiger partial charge on any atom is 0.251 e. The molecule has 0 aliphatic carbocycles. The molecule has 0 radical (unpaired) electrons. The van der Waals surface area contributed by atoms with Gasteiger partial charge >= 0.3 is 0 Å². The molecule has 2 aromatic rings. The van der Waals surface area contributed by atoms with E-state index < -0.39 is 0 Å². The molecule has 0 aromatic heterocycles. The van der Waals surface area contributed by atoms with Crippen molar-refractivity contribution in [2.45, 2.75) is 19.4 Å². The molecular formula is C20H19N3O2. The summed E-state index contributed by atoms with van der Waals surface area (Å²) in [4.78, 5) is 26.3. The number of nitrogens with one attached hydrogen (secondary N) is 1. The molecule has 126 valence electrons. The molecule has 1 N–H and O–H groups in total. The lowest BCUT2D eigenvalue weighted by molar-refractivity contribution is -0.131. The number of nitriles is 1. The van der Waals surface area contributed by atoms with Crippen LogP contribution in [0.3, 0.4) is 0 Å². The molecular weight excluding hydrogens is 314 g/mol. The van der Waals surface area contributed by atoms with E-state index in [1.807, 2.05) is 23.1 Å². The predicted molar refractivity (Wildman–Crippen MR) is 93.7 cm³/mol. The quantitative estimate of drug-likeness (QED) is 0.933. The average Bonchev–Trinajstić information content (AvgIpc) is 2.67. The minimum absolute atomic E-state index is 0.0422. The second-order valence-corrected chi connectivity index (χ2v) is 6.03. The summed E-state index contributed by atoms with van der Waals surface area (Å²) in [6, 6.07) is 16.7. The minimum atomic E-state index is -0.270. The van der Waals surface area contributed by atoms with Crippen molar-refractivity contribution in [3.05, 3.63) is 70.8 Å². The molecule has 0 saturated heterocycles. The molecule has 5 nitrogen and oxygen atoms in total. The van der Waals surface area contributed by atoms with Crippen LogP contribution in [0.15, 0.2) is 48.5 Å². The molecule has 0 bridgehead atoms. The van der Waals surface area contributed by atoms with Crippen LogP contribution in [-0.4, -0.2) is 29.8 Å². The lowest BCUT2D eigenvalue weighted by Crippen LogP contribution is -2.38. The summed E-state index contributed by atoms with van der Waals surface area (Å²) in [7, 11) is 0. The van der Waals surface area contributed by atoms with E-state index in [-0.39, 0.29) is 24.8 Å². The zero-order valence-corrected chi connectivity index (χ0v) is 13.9. The third kappa shape index (κ3) is 4.04. The van der Waals surface area contributed by atoms with Crippen molar-refractivity contribution >= 4 is 11.8 Å². The van der Waals surface area contributed by atoms with Gasteiger partial charge in [-0.25, -0.2) is 0 Å². The predicted octanol–water partition coefficient (Wildman–Crippen LogP) is 2.26. The van der Waals surface area contributed by atoms with Crippen molar-refractivity contribution in [2.75, 3.05) is 13.1 Å². The van der Waals surface area contributed by atoms with Crippen LogP contribution < -0.4 is 5.32 Å². The van der Waals surface area contributed by atoms with Crippen molar-refractivity contribution in [1.29, 1.82) is 5.26 Å². The Bertz CT molecular complexity index is 839. The summed E-state index contributed by atoms with van der Waals surface area (Å²) in [6.07, 6.45) is 1.14. The van der Waals surface area contributed by atoms with Crippen LogP contribution in [-0.2, 0) is 17.8 Å². The van der Waals surface area contributed by atoms with E-state index in [1.165, 1.54) is 11.1 Å². The lowest BCUT2D eigenvalue weighted by atomic mass is 10.00. The van der Waals surface area contributed by atoms with Crippen LogP contribution in [0.1, 0.15) is 33.5 Å². The van der Waals surface area contributed by atoms with E-state index in [4.69, 9.17) is 5.26 Å². The highest BCUT2D eigenvalue weighted by Crippen LogP contribution is 2.18. The molecule has 0 saturated carbocycles. The van der Waals surface area contributed by atoms with E-state index in [1.54, 1.807) is 24.3 Å². The normalized spacial score (nSPS) is 12.8. The third-order valence-electron chi connectivity index (χ3n) is 4.36. The first kappa shape index (κ1) is 16.7. The van der Waals surface area contributed by atoms with E-state index in [9.17, 15) is 9.59 Å². The number of hydrogen-bond acceptors (Lipinski definition) is 3. The number of rotatable bonds is 4. The number of hydrogen-bond donors (Lipinski definition) is 1. The SMILES string of the molecule is N#Cc1cccc(C(=O)NCCC(=O)N2CCc3ccccc3C2)c1. The van der Waals surface area contributed by atoms with E-state index in [0.717, 1.165) is 6.42 Å². The first-order chi connectivity index (χ1) is 12.2. The first-order valence-corrected chi connectivity index (χ1v) is 8.30. The third-order valence-corrected chi connectivity index (χ3v) is 4.36. The van der Waals surface area contributed by atoms with Gasteiger partial charge in [-0.15, -0.1) is 0 Å². The van der Waals surface area contributed by atoms with Gasteiger partial charge in [-0.2, -0.15) is 5.26 Å². The number of carbonyl (C=O) groups is 2. The molecule has 3 rings (SSSR count). The fourth-order valence-corrected chi connectivity index (χ4v) is 2.98. The van der Waals surface area contributed by atoms with Crippen molar-refractivity contribution in [3.8, 4) is 6.07 Å². The number of carbonyl (C=O) groups excluding carboxylic acids is 2. The maximum absolute atomic E-state index is 12.4. The van der Waals surface area contributed by atoms with E-state index >= 15 is 0 Å². The highest BCUT2D eigenvalue weighted by molar-refractivity contribution is 5.94. The van der Waals surface area contributed by atoms with E-state index in [2.05, 4.69) is 17.4 Å². The van der Waals surface area contributed by atoms with Crippen LogP contribution >= 0.6 is 0 Å². The van der Waals surface area contributed by atoms with Crippen LogP contribution in [0.5, 0.6) is 0 Å². The summed E-state index contributed by atoms with van der Waals surface area (Å²) in [5.74, 6) is -0.227. The van der Waals surface area contributed by atoms with Crippen LogP contribution in [0.4, 0.5) is 0 Å². The van der Waals surface area contributed by atoms with Crippen LogP contribution in [0.25, 0.3) is 0 Å². The largest absolute Gasteiger partial charge is 0.352 e. The Morgan fingerprint density at radius 3 is 2.72 bits per heavy atom. The summed E-state index contributed by atoms with van der Waals surface area (Å²) in [5.41, 5.74) is 3.37. The second-order valence-electron chi connectivity index (χ2n) is 6.03.